The highest BCUT2D eigenvalue weighted by molar-refractivity contribution is 5.08. The van der Waals surface area contributed by atoms with E-state index in [-0.39, 0.29) is 0 Å². The maximum absolute atomic E-state index is 12.9. The van der Waals surface area contributed by atoms with Crippen molar-refractivity contribution in [2.24, 2.45) is 5.41 Å². The average molecular weight is 334 g/mol. The fourth-order valence-corrected chi connectivity index (χ4v) is 1.15. The Hall–Kier alpha value is -0.910. The van der Waals surface area contributed by atoms with Crippen molar-refractivity contribution in [3.8, 4) is 0 Å². The van der Waals surface area contributed by atoms with Crippen LogP contribution in [0.15, 0.2) is 0 Å². The van der Waals surface area contributed by atoms with E-state index >= 15 is 0 Å². The van der Waals surface area contributed by atoms with Crippen molar-refractivity contribution in [1.82, 2.24) is 0 Å². The monoisotopic (exact) mass is 334 g/mol. The summed E-state index contributed by atoms with van der Waals surface area (Å²) in [4.78, 5) is 0. The van der Waals surface area contributed by atoms with Gasteiger partial charge in [-0.05, 0) is 0 Å². The fourth-order valence-electron chi connectivity index (χ4n) is 1.15. The molecule has 0 nitrogen and oxygen atoms in total. The lowest BCUT2D eigenvalue weighted by Crippen LogP contribution is -2.68. The molecule has 0 amide bonds. The molecule has 20 heavy (non-hydrogen) atoms. The molecule has 122 valence electrons. The van der Waals surface area contributed by atoms with Gasteiger partial charge < -0.3 is 0 Å². The zero-order valence-electron chi connectivity index (χ0n) is 8.65. The molecule has 0 unspecified atom stereocenters. The number of hydrogen-bond acceptors (Lipinski definition) is 0. The van der Waals surface area contributed by atoms with Crippen molar-refractivity contribution in [3.63, 3.8) is 0 Å². The molecule has 0 fully saturated rings. The Balaban J connectivity index is 6.32. The lowest BCUT2D eigenvalue weighted by molar-refractivity contribution is -0.414. The second-order valence-corrected chi connectivity index (χ2v) is 3.48. The van der Waals surface area contributed by atoms with Gasteiger partial charge in [0.2, 0.25) is 5.41 Å². The zero-order valence-corrected chi connectivity index (χ0v) is 8.65. The van der Waals surface area contributed by atoms with E-state index in [1.54, 1.807) is 0 Å². The highest BCUT2D eigenvalue weighted by atomic mass is 19.4. The van der Waals surface area contributed by atoms with E-state index in [9.17, 15) is 57.1 Å². The Morgan fingerprint density at radius 1 is 0.450 bits per heavy atom. The third kappa shape index (κ3) is 2.28. The van der Waals surface area contributed by atoms with Crippen LogP contribution in [0.5, 0.6) is 0 Å². The summed E-state index contributed by atoms with van der Waals surface area (Å²) in [6, 6.07) is 0. The van der Waals surface area contributed by atoms with Crippen LogP contribution < -0.4 is 0 Å². The minimum Gasteiger partial charge on any atom is -0.209 e. The maximum Gasteiger partial charge on any atom is 0.459 e. The van der Waals surface area contributed by atoms with E-state index in [1.807, 2.05) is 0 Å². The largest absolute Gasteiger partial charge is 0.459 e. The molecule has 0 aromatic heterocycles. The van der Waals surface area contributed by atoms with Gasteiger partial charge in [-0.3, -0.25) is 0 Å². The van der Waals surface area contributed by atoms with E-state index in [0.29, 0.717) is 0 Å². The van der Waals surface area contributed by atoms with Crippen molar-refractivity contribution in [2.45, 2.75) is 37.3 Å². The number of hydrogen-bond donors (Lipinski definition) is 0. The van der Waals surface area contributed by atoms with E-state index in [0.717, 1.165) is 0 Å². The SMILES string of the molecule is FC(F)C(C(F)F)(C(F)F)C(F)(F)C(F)(F)C(F)(F)F. The molecule has 0 aromatic carbocycles. The van der Waals surface area contributed by atoms with Crippen molar-refractivity contribution in [3.05, 3.63) is 0 Å². The van der Waals surface area contributed by atoms with Crippen LogP contribution in [0.25, 0.3) is 0 Å². The Bertz CT molecular complexity index is 304. The lowest BCUT2D eigenvalue weighted by Gasteiger charge is -2.41. The zero-order chi connectivity index (χ0) is 16.7. The Kier molecular flexibility index (Phi) is 4.90. The maximum atomic E-state index is 12.9. The van der Waals surface area contributed by atoms with Crippen LogP contribution in [0.3, 0.4) is 0 Å². The molecule has 0 aliphatic rings. The molecule has 0 N–H and O–H groups in total. The van der Waals surface area contributed by atoms with Gasteiger partial charge in [0, 0.05) is 0 Å². The molecule has 13 heteroatoms. The van der Waals surface area contributed by atoms with Crippen LogP contribution >= 0.6 is 0 Å². The highest BCUT2D eigenvalue weighted by Gasteiger charge is 2.86. The summed E-state index contributed by atoms with van der Waals surface area (Å²) >= 11 is 0. The van der Waals surface area contributed by atoms with Crippen LogP contribution in [0.1, 0.15) is 0 Å². The highest BCUT2D eigenvalue weighted by Crippen LogP contribution is 2.60. The molecule has 0 aromatic rings. The number of rotatable bonds is 5. The predicted molar refractivity (Wildman–Crippen MR) is 36.4 cm³/mol. The molecule has 0 spiro atoms. The molecular weight excluding hydrogens is 331 g/mol. The molecular formula is C7H3F13. The summed E-state index contributed by atoms with van der Waals surface area (Å²) < 4.78 is 158. The molecule has 0 heterocycles. The standard InChI is InChI=1S/C7H3F13/c8-1(9)4(2(10)11,3(12)13)5(14,15)6(16,17)7(18,19)20/h1-3H. The van der Waals surface area contributed by atoms with Gasteiger partial charge >= 0.3 is 18.0 Å². The number of alkyl halides is 13. The second-order valence-electron chi connectivity index (χ2n) is 3.48. The first-order valence-electron chi connectivity index (χ1n) is 4.25. The summed E-state index contributed by atoms with van der Waals surface area (Å²) in [7, 11) is 0. The molecule has 0 rings (SSSR count). The van der Waals surface area contributed by atoms with Crippen LogP contribution in [-0.2, 0) is 0 Å². The lowest BCUT2D eigenvalue weighted by atomic mass is 9.78. The van der Waals surface area contributed by atoms with Gasteiger partial charge in [0.25, 0.3) is 19.3 Å². The van der Waals surface area contributed by atoms with Crippen LogP contribution in [-0.4, -0.2) is 37.3 Å². The topological polar surface area (TPSA) is 0 Å². The first-order chi connectivity index (χ1) is 8.58. The van der Waals surface area contributed by atoms with Crippen molar-refractivity contribution in [1.29, 1.82) is 0 Å². The Morgan fingerprint density at radius 2 is 0.700 bits per heavy atom. The molecule has 0 aliphatic heterocycles. The van der Waals surface area contributed by atoms with Crippen LogP contribution in [0.4, 0.5) is 57.1 Å². The van der Waals surface area contributed by atoms with Crippen molar-refractivity contribution >= 4 is 0 Å². The average Bonchev–Trinajstić information content (AvgIpc) is 2.12. The van der Waals surface area contributed by atoms with E-state index in [2.05, 4.69) is 0 Å². The van der Waals surface area contributed by atoms with Crippen LogP contribution in [0.2, 0.25) is 0 Å². The van der Waals surface area contributed by atoms with Gasteiger partial charge in [0.05, 0.1) is 0 Å². The Labute approximate surface area is 101 Å². The van der Waals surface area contributed by atoms with Gasteiger partial charge in [-0.2, -0.15) is 30.7 Å². The quantitative estimate of drug-likeness (QED) is 0.645. The molecule has 0 aliphatic carbocycles. The first kappa shape index (κ1) is 19.1. The third-order valence-electron chi connectivity index (χ3n) is 2.38. The summed E-state index contributed by atoms with van der Waals surface area (Å²) in [6.45, 7) is 0. The normalized spacial score (nSPS) is 15.6. The van der Waals surface area contributed by atoms with E-state index < -0.39 is 42.7 Å². The number of halogens is 13. The molecule has 0 radical (unpaired) electrons. The molecule has 0 atom stereocenters. The smallest absolute Gasteiger partial charge is 0.209 e. The first-order valence-corrected chi connectivity index (χ1v) is 4.25. The fraction of sp³-hybridized carbons (Fsp3) is 1.00. The van der Waals surface area contributed by atoms with Gasteiger partial charge in [0.15, 0.2) is 0 Å². The van der Waals surface area contributed by atoms with Crippen LogP contribution in [0, 0.1) is 5.41 Å². The predicted octanol–water partition coefficient (Wildman–Crippen LogP) is 4.60. The molecule has 0 saturated carbocycles. The van der Waals surface area contributed by atoms with E-state index in [4.69, 9.17) is 0 Å². The third-order valence-corrected chi connectivity index (χ3v) is 2.38. The van der Waals surface area contributed by atoms with Crippen molar-refractivity contribution in [2.75, 3.05) is 0 Å². The van der Waals surface area contributed by atoms with Gasteiger partial charge in [-0.15, -0.1) is 0 Å². The van der Waals surface area contributed by atoms with Gasteiger partial charge in [-0.25, -0.2) is 26.3 Å². The second kappa shape index (κ2) is 5.13. The summed E-state index contributed by atoms with van der Waals surface area (Å²) in [5.74, 6) is -15.0. The summed E-state index contributed by atoms with van der Waals surface area (Å²) in [5.41, 5.74) is -6.47. The van der Waals surface area contributed by atoms with Crippen molar-refractivity contribution < 1.29 is 57.1 Å². The summed E-state index contributed by atoms with van der Waals surface area (Å²) in [6.07, 6.45) is -23.9. The Morgan fingerprint density at radius 3 is 0.850 bits per heavy atom. The van der Waals surface area contributed by atoms with Gasteiger partial charge in [-0.1, -0.05) is 0 Å². The van der Waals surface area contributed by atoms with E-state index in [1.165, 1.54) is 0 Å². The van der Waals surface area contributed by atoms with Gasteiger partial charge in [0.1, 0.15) is 0 Å². The molecule has 0 saturated heterocycles. The molecule has 0 bridgehead atoms. The minimum absolute atomic E-state index is 5.55. The summed E-state index contributed by atoms with van der Waals surface area (Å²) in [5, 5.41) is 0. The minimum atomic E-state index is -7.51.